The number of carbonyl (C=O) groups is 12. The van der Waals surface area contributed by atoms with Gasteiger partial charge in [-0.05, 0) is 87.1 Å². The zero-order chi connectivity index (χ0) is 71.8. The molecule has 0 saturated heterocycles. The van der Waals surface area contributed by atoms with Gasteiger partial charge >= 0.3 is 35.8 Å². The molecule has 536 valence electrons. The van der Waals surface area contributed by atoms with Crippen molar-refractivity contribution in [1.29, 1.82) is 0 Å². The Morgan fingerprint density at radius 1 is 0.358 bits per heavy atom. The first-order valence-electron chi connectivity index (χ1n) is 31.3. The SMILES string of the molecule is CN=C(C)CCC(=O)OCCN(CCOC(=O)CCC(C)=NC)CCOC(=O)CCC(C)=NCC(=O)CC(O)(CC(=O)CN=C(C)CCC(=O)OCCN(CCOC(=O)CCC(C)=NC)CCOC(=O)CCC(C)=NCC(=O)CC(O)(CC(=O)CNC)C(=O)NN)C(=O)NN. The molecule has 0 aromatic heterocycles. The molecule has 33 heteroatoms. The molecule has 95 heavy (non-hydrogen) atoms. The van der Waals surface area contributed by atoms with Crippen molar-refractivity contribution in [2.24, 2.45) is 41.6 Å². The van der Waals surface area contributed by atoms with Crippen LogP contribution in [0.2, 0.25) is 0 Å². The number of nitrogens with two attached hydrogens (primary N) is 2. The summed E-state index contributed by atoms with van der Waals surface area (Å²) < 4.78 is 32.3. The number of esters is 6. The van der Waals surface area contributed by atoms with Gasteiger partial charge in [0.15, 0.2) is 28.6 Å². The Hall–Kier alpha value is -7.82. The Bertz CT molecular complexity index is 2680. The summed E-state index contributed by atoms with van der Waals surface area (Å²) in [5, 5.41) is 24.6. The largest absolute Gasteiger partial charge is 0.464 e. The molecule has 9 N–H and O–H groups in total. The molecule has 0 fully saturated rings. The second-order valence-corrected chi connectivity index (χ2v) is 22.4. The van der Waals surface area contributed by atoms with Crippen LogP contribution in [0.25, 0.3) is 0 Å². The molecule has 2 unspecified atom stereocenters. The van der Waals surface area contributed by atoms with Gasteiger partial charge in [0.25, 0.3) is 11.8 Å². The molecule has 0 heterocycles. The summed E-state index contributed by atoms with van der Waals surface area (Å²) in [4.78, 5) is 179. The number of carbonyl (C=O) groups excluding carboxylic acids is 12. The normalized spacial score (nSPS) is 13.7. The van der Waals surface area contributed by atoms with Crippen molar-refractivity contribution in [2.75, 3.05) is 133 Å². The Kier molecular flexibility index (Phi) is 46.4. The van der Waals surface area contributed by atoms with E-state index in [0.717, 1.165) is 17.1 Å². The van der Waals surface area contributed by atoms with Gasteiger partial charge < -0.3 is 44.0 Å². The first-order valence-corrected chi connectivity index (χ1v) is 31.3. The van der Waals surface area contributed by atoms with Crippen molar-refractivity contribution in [3.8, 4) is 0 Å². The number of hydrazine groups is 2. The van der Waals surface area contributed by atoms with Crippen LogP contribution in [0.1, 0.15) is 144 Å². The first kappa shape index (κ1) is 87.2. The molecule has 0 aromatic rings. The van der Waals surface area contributed by atoms with E-state index in [1.165, 1.54) is 7.05 Å². The van der Waals surface area contributed by atoms with E-state index in [-0.39, 0.29) is 143 Å². The van der Waals surface area contributed by atoms with Crippen molar-refractivity contribution in [2.45, 2.75) is 155 Å². The lowest BCUT2D eigenvalue weighted by Crippen LogP contribution is -2.52. The van der Waals surface area contributed by atoms with Gasteiger partial charge in [-0.1, -0.05) is 0 Å². The number of nitrogens with one attached hydrogen (secondary N) is 3. The second-order valence-electron chi connectivity index (χ2n) is 22.4. The van der Waals surface area contributed by atoms with Crippen LogP contribution in [-0.4, -0.2) is 270 Å². The molecular formula is C62H103N13O20. The maximum Gasteiger partial charge on any atom is 0.306 e. The van der Waals surface area contributed by atoms with Crippen molar-refractivity contribution >= 4 is 105 Å². The van der Waals surface area contributed by atoms with Crippen LogP contribution in [0.3, 0.4) is 0 Å². The fraction of sp³-hybridized carbons (Fsp3) is 0.710. The number of rotatable bonds is 54. The van der Waals surface area contributed by atoms with Gasteiger partial charge in [-0.3, -0.25) is 108 Å². The minimum Gasteiger partial charge on any atom is -0.464 e. The molecular weight excluding hydrogens is 1250 g/mol. The predicted octanol–water partition coefficient (Wildman–Crippen LogP) is -0.316. The zero-order valence-corrected chi connectivity index (χ0v) is 57.1. The van der Waals surface area contributed by atoms with Gasteiger partial charge in [0.1, 0.15) is 45.4 Å². The highest BCUT2D eigenvalue weighted by molar-refractivity contribution is 5.99. The predicted molar refractivity (Wildman–Crippen MR) is 352 cm³/mol. The van der Waals surface area contributed by atoms with Gasteiger partial charge in [0, 0.05) is 120 Å². The van der Waals surface area contributed by atoms with Gasteiger partial charge in [-0.15, -0.1) is 0 Å². The summed E-state index contributed by atoms with van der Waals surface area (Å²) in [6, 6.07) is 0. The van der Waals surface area contributed by atoms with Crippen molar-refractivity contribution in [3.05, 3.63) is 0 Å². The van der Waals surface area contributed by atoms with E-state index < -0.39 is 127 Å². The monoisotopic (exact) mass is 1350 g/mol. The van der Waals surface area contributed by atoms with E-state index >= 15 is 0 Å². The van der Waals surface area contributed by atoms with Crippen molar-refractivity contribution in [3.63, 3.8) is 0 Å². The Morgan fingerprint density at radius 3 is 0.768 bits per heavy atom. The number of amides is 2. The van der Waals surface area contributed by atoms with E-state index in [9.17, 15) is 67.7 Å². The fourth-order valence-corrected chi connectivity index (χ4v) is 8.22. The highest BCUT2D eigenvalue weighted by Crippen LogP contribution is 2.19. The quantitative estimate of drug-likeness (QED) is 0.0102. The number of nitrogens with zero attached hydrogens (tertiary/aromatic N) is 8. The lowest BCUT2D eigenvalue weighted by molar-refractivity contribution is -0.148. The summed E-state index contributed by atoms with van der Waals surface area (Å²) in [5.41, 5.74) is 2.12. The summed E-state index contributed by atoms with van der Waals surface area (Å²) in [5.74, 6) is 2.49. The van der Waals surface area contributed by atoms with Crippen molar-refractivity contribution in [1.82, 2.24) is 26.0 Å². The third kappa shape index (κ3) is 43.7. The average Bonchev–Trinajstić information content (AvgIpc) is 0.914. The molecule has 0 aromatic carbocycles. The van der Waals surface area contributed by atoms with Gasteiger partial charge in [-0.25, -0.2) is 11.7 Å². The van der Waals surface area contributed by atoms with E-state index in [4.69, 9.17) is 40.1 Å². The molecule has 0 aliphatic carbocycles. The molecule has 0 aliphatic heterocycles. The summed E-state index contributed by atoms with van der Waals surface area (Å²) in [6.07, 6.45) is -1.37. The molecule has 2 amide bonds. The first-order chi connectivity index (χ1) is 45.0. The number of aliphatic imine (C=N–C) groups is 6. The third-order valence-electron chi connectivity index (χ3n) is 14.3. The van der Waals surface area contributed by atoms with Crippen LogP contribution >= 0.6 is 0 Å². The fourth-order valence-electron chi connectivity index (χ4n) is 8.22. The summed E-state index contributed by atoms with van der Waals surface area (Å²) >= 11 is 0. The minimum atomic E-state index is -2.56. The van der Waals surface area contributed by atoms with Crippen LogP contribution in [0.15, 0.2) is 30.0 Å². The molecule has 0 rings (SSSR count). The lowest BCUT2D eigenvalue weighted by atomic mass is 9.90. The van der Waals surface area contributed by atoms with Crippen LogP contribution < -0.4 is 27.9 Å². The molecule has 0 radical (unpaired) electrons. The molecule has 2 atom stereocenters. The topological polar surface area (TPSA) is 469 Å². The lowest BCUT2D eigenvalue weighted by Gasteiger charge is -2.24. The van der Waals surface area contributed by atoms with Crippen LogP contribution in [0.4, 0.5) is 0 Å². The molecule has 33 nitrogen and oxygen atoms in total. The van der Waals surface area contributed by atoms with E-state index in [1.54, 1.807) is 64.6 Å². The highest BCUT2D eigenvalue weighted by Gasteiger charge is 2.41. The average molecular weight is 1350 g/mol. The van der Waals surface area contributed by atoms with Crippen molar-refractivity contribution < 1.29 is 96.2 Å². The number of likely N-dealkylation sites (N-methyl/N-ethyl adjacent to an activating group) is 1. The van der Waals surface area contributed by atoms with E-state index in [0.29, 0.717) is 36.4 Å². The van der Waals surface area contributed by atoms with Crippen LogP contribution in [-0.2, 0) is 86.0 Å². The van der Waals surface area contributed by atoms with E-state index in [1.807, 2.05) is 18.7 Å². The standard InChI is InChI=1S/C62H103N13O20/c1-43(66-8)11-17-53(80)90-29-23-74(24-30-91-54(81)18-12-44(2)67-9)26-32-93-57(84)21-15-47(5)70-41-51(78)37-62(89,60(87)73-64)38-52(79)42-71-48(6)16-22-58(85)95-34-28-75(25-31-92-55(82)19-13-45(3)68-10)27-33-94-56(83)20-14-46(4)69-40-50(77)36-61(88,59(86)72-63)35-49(76)39-65-7/h65,88-89H,11-42,63-64H2,1-10H3,(H,72,86)(H,73,87). The van der Waals surface area contributed by atoms with Crippen LogP contribution in [0.5, 0.6) is 0 Å². The number of ketones is 4. The summed E-state index contributed by atoms with van der Waals surface area (Å²) in [7, 11) is 6.39. The van der Waals surface area contributed by atoms with Gasteiger partial charge in [-0.2, -0.15) is 0 Å². The van der Waals surface area contributed by atoms with E-state index in [2.05, 4.69) is 35.3 Å². The van der Waals surface area contributed by atoms with Gasteiger partial charge in [0.2, 0.25) is 0 Å². The zero-order valence-electron chi connectivity index (χ0n) is 57.1. The smallest absolute Gasteiger partial charge is 0.306 e. The summed E-state index contributed by atoms with van der Waals surface area (Å²) in [6.45, 7) is 9.55. The maximum atomic E-state index is 13.1. The Morgan fingerprint density at radius 2 is 0.568 bits per heavy atom. The molecule has 0 spiro atoms. The number of ether oxygens (including phenoxy) is 6. The Labute approximate surface area is 555 Å². The molecule has 0 saturated carbocycles. The number of hydrogen-bond acceptors (Lipinski definition) is 31. The maximum absolute atomic E-state index is 13.1. The molecule has 0 bridgehead atoms. The Balaban J connectivity index is 5.36. The van der Waals surface area contributed by atoms with Gasteiger partial charge in [0.05, 0.1) is 64.7 Å². The highest BCUT2D eigenvalue weighted by atomic mass is 16.6. The van der Waals surface area contributed by atoms with Crippen LogP contribution in [0, 0.1) is 0 Å². The second kappa shape index (κ2) is 50.6. The minimum absolute atomic E-state index is 0.0287. The third-order valence-corrected chi connectivity index (χ3v) is 14.3. The molecule has 0 aliphatic rings. The number of Topliss-reactive ketones (excluding diaryl/α,β-unsaturated/α-hetero) is 4. The number of aliphatic hydroxyl groups is 2. The number of hydrogen-bond donors (Lipinski definition) is 7.